The lowest BCUT2D eigenvalue weighted by molar-refractivity contribution is 0.525. The van der Waals surface area contributed by atoms with Gasteiger partial charge in [-0.2, -0.15) is 9.97 Å². The molecular formula is C18H23Cl2N7S. The highest BCUT2D eigenvalue weighted by Gasteiger charge is 2.18. The van der Waals surface area contributed by atoms with E-state index in [4.69, 9.17) is 33.9 Å². The third-order valence-corrected chi connectivity index (χ3v) is 5.37. The van der Waals surface area contributed by atoms with Gasteiger partial charge in [0, 0.05) is 34.6 Å². The minimum Gasteiger partial charge on any atom is -0.382 e. The summed E-state index contributed by atoms with van der Waals surface area (Å²) in [6, 6.07) is 5.86. The molecule has 0 saturated heterocycles. The van der Waals surface area contributed by atoms with Crippen molar-refractivity contribution in [3.8, 4) is 0 Å². The van der Waals surface area contributed by atoms with E-state index in [2.05, 4.69) is 39.0 Å². The fourth-order valence-electron chi connectivity index (χ4n) is 2.71. The Morgan fingerprint density at radius 3 is 2.50 bits per heavy atom. The summed E-state index contributed by atoms with van der Waals surface area (Å²) in [5.41, 5.74) is 7.42. The molecule has 3 rings (SSSR count). The van der Waals surface area contributed by atoms with Crippen molar-refractivity contribution in [3.63, 3.8) is 0 Å². The standard InChI is InChI=1S/C18H23Cl2N7S/c1-10(2)23-5-4-6-27-16-14(15(21)25-17(22-3)26-16)24-18(27)28-13-8-11(19)7-12(20)9-13/h7-10,23H,4-6H2,1-3H3,(H3,21,22,25,26). The molecule has 7 nitrogen and oxygen atoms in total. The number of imidazole rings is 1. The summed E-state index contributed by atoms with van der Waals surface area (Å²) in [7, 11) is 1.76. The second-order valence-electron chi connectivity index (χ2n) is 6.57. The molecule has 0 aliphatic heterocycles. The van der Waals surface area contributed by atoms with Gasteiger partial charge in [-0.05, 0) is 31.2 Å². The molecule has 0 fully saturated rings. The highest BCUT2D eigenvalue weighted by Crippen LogP contribution is 2.34. The zero-order chi connectivity index (χ0) is 20.3. The van der Waals surface area contributed by atoms with Crippen LogP contribution in [0.5, 0.6) is 0 Å². The van der Waals surface area contributed by atoms with Gasteiger partial charge in [0.05, 0.1) is 0 Å². The van der Waals surface area contributed by atoms with Crippen LogP contribution in [-0.4, -0.2) is 39.2 Å². The van der Waals surface area contributed by atoms with E-state index in [0.717, 1.165) is 29.6 Å². The molecule has 0 saturated carbocycles. The molecule has 0 aliphatic carbocycles. The maximum Gasteiger partial charge on any atom is 0.226 e. The number of nitrogen functional groups attached to an aromatic ring is 1. The number of anilines is 2. The lowest BCUT2D eigenvalue weighted by Crippen LogP contribution is -2.24. The SMILES string of the molecule is CNc1nc(N)c2nc(Sc3cc(Cl)cc(Cl)c3)n(CCCNC(C)C)c2n1. The van der Waals surface area contributed by atoms with Gasteiger partial charge in [0.15, 0.2) is 22.1 Å². The Balaban J connectivity index is 1.99. The van der Waals surface area contributed by atoms with Crippen LogP contribution in [0.3, 0.4) is 0 Å². The van der Waals surface area contributed by atoms with Crippen molar-refractivity contribution in [1.82, 2.24) is 24.8 Å². The van der Waals surface area contributed by atoms with Crippen LogP contribution >= 0.6 is 35.0 Å². The maximum absolute atomic E-state index is 6.15. The highest BCUT2D eigenvalue weighted by molar-refractivity contribution is 7.99. The summed E-state index contributed by atoms with van der Waals surface area (Å²) >= 11 is 13.8. The molecule has 0 aliphatic rings. The van der Waals surface area contributed by atoms with Crippen LogP contribution < -0.4 is 16.4 Å². The molecule has 4 N–H and O–H groups in total. The number of benzene rings is 1. The van der Waals surface area contributed by atoms with Gasteiger partial charge in [-0.1, -0.05) is 48.8 Å². The summed E-state index contributed by atoms with van der Waals surface area (Å²) in [6.07, 6.45) is 0.923. The number of halogens is 2. The molecule has 0 radical (unpaired) electrons. The topological polar surface area (TPSA) is 93.7 Å². The molecule has 0 bridgehead atoms. The Labute approximate surface area is 178 Å². The van der Waals surface area contributed by atoms with Crippen LogP contribution in [0.1, 0.15) is 20.3 Å². The Bertz CT molecular complexity index is 954. The van der Waals surface area contributed by atoms with Crippen LogP contribution in [-0.2, 0) is 6.54 Å². The van der Waals surface area contributed by atoms with E-state index in [0.29, 0.717) is 39.0 Å². The van der Waals surface area contributed by atoms with Gasteiger partial charge < -0.3 is 20.9 Å². The van der Waals surface area contributed by atoms with E-state index >= 15 is 0 Å². The number of nitrogens with two attached hydrogens (primary N) is 1. The molecule has 0 amide bonds. The third kappa shape index (κ3) is 5.00. The number of hydrogen-bond donors (Lipinski definition) is 3. The molecule has 10 heteroatoms. The predicted octanol–water partition coefficient (Wildman–Crippen LogP) is 4.30. The van der Waals surface area contributed by atoms with Gasteiger partial charge in [0.25, 0.3) is 0 Å². The van der Waals surface area contributed by atoms with E-state index < -0.39 is 0 Å². The minimum atomic E-state index is 0.347. The molecular weight excluding hydrogens is 417 g/mol. The number of hydrogen-bond acceptors (Lipinski definition) is 7. The second-order valence-corrected chi connectivity index (χ2v) is 8.48. The van der Waals surface area contributed by atoms with Gasteiger partial charge in [0.2, 0.25) is 5.95 Å². The fourth-order valence-corrected chi connectivity index (χ4v) is 4.38. The Hall–Kier alpha value is -1.74. The molecule has 3 aromatic rings. The number of nitrogens with zero attached hydrogens (tertiary/aromatic N) is 4. The average molecular weight is 440 g/mol. The number of aromatic nitrogens is 4. The van der Waals surface area contributed by atoms with Gasteiger partial charge in [-0.15, -0.1) is 0 Å². The Morgan fingerprint density at radius 2 is 1.86 bits per heavy atom. The summed E-state index contributed by atoms with van der Waals surface area (Å²) in [5.74, 6) is 0.813. The highest BCUT2D eigenvalue weighted by atomic mass is 35.5. The third-order valence-electron chi connectivity index (χ3n) is 3.97. The first kappa shape index (κ1) is 21.0. The van der Waals surface area contributed by atoms with E-state index in [1.165, 1.54) is 11.8 Å². The summed E-state index contributed by atoms with van der Waals surface area (Å²) < 4.78 is 2.07. The largest absolute Gasteiger partial charge is 0.382 e. The molecule has 2 aromatic heterocycles. The number of rotatable bonds is 8. The van der Waals surface area contributed by atoms with Crippen molar-refractivity contribution < 1.29 is 0 Å². The van der Waals surface area contributed by atoms with E-state index in [9.17, 15) is 0 Å². The first-order chi connectivity index (χ1) is 13.4. The van der Waals surface area contributed by atoms with Crippen molar-refractivity contribution in [2.75, 3.05) is 24.6 Å². The van der Waals surface area contributed by atoms with Crippen LogP contribution in [0.2, 0.25) is 10.0 Å². The Morgan fingerprint density at radius 1 is 1.14 bits per heavy atom. The van der Waals surface area contributed by atoms with Crippen molar-refractivity contribution in [2.24, 2.45) is 0 Å². The van der Waals surface area contributed by atoms with Crippen molar-refractivity contribution in [3.05, 3.63) is 28.2 Å². The lowest BCUT2D eigenvalue weighted by atomic mass is 10.3. The van der Waals surface area contributed by atoms with Crippen LogP contribution in [0.4, 0.5) is 11.8 Å². The van der Waals surface area contributed by atoms with Gasteiger partial charge in [-0.25, -0.2) is 4.98 Å². The van der Waals surface area contributed by atoms with Gasteiger partial charge in [-0.3, -0.25) is 0 Å². The van der Waals surface area contributed by atoms with Crippen molar-refractivity contribution in [1.29, 1.82) is 0 Å². The van der Waals surface area contributed by atoms with E-state index in [1.54, 1.807) is 13.1 Å². The van der Waals surface area contributed by atoms with E-state index in [1.807, 2.05) is 12.1 Å². The van der Waals surface area contributed by atoms with Gasteiger partial charge >= 0.3 is 0 Å². The van der Waals surface area contributed by atoms with E-state index in [-0.39, 0.29) is 0 Å². The summed E-state index contributed by atoms with van der Waals surface area (Å²) in [6.45, 7) is 5.89. The molecule has 0 unspecified atom stereocenters. The first-order valence-corrected chi connectivity index (χ1v) is 10.5. The number of fused-ring (bicyclic) bond motifs is 1. The molecule has 150 valence electrons. The quantitative estimate of drug-likeness (QED) is 0.450. The lowest BCUT2D eigenvalue weighted by Gasteiger charge is -2.11. The molecule has 1 aromatic carbocycles. The maximum atomic E-state index is 6.15. The molecule has 0 spiro atoms. The first-order valence-electron chi connectivity index (χ1n) is 8.96. The normalized spacial score (nSPS) is 11.5. The minimum absolute atomic E-state index is 0.347. The van der Waals surface area contributed by atoms with Crippen molar-refractivity contribution >= 4 is 57.9 Å². The summed E-state index contributed by atoms with van der Waals surface area (Å²) in [4.78, 5) is 14.4. The Kier molecular flexibility index (Phi) is 6.87. The zero-order valence-corrected chi connectivity index (χ0v) is 18.3. The predicted molar refractivity (Wildman–Crippen MR) is 118 cm³/mol. The van der Waals surface area contributed by atoms with Crippen LogP contribution in [0.15, 0.2) is 28.3 Å². The fraction of sp³-hybridized carbons (Fsp3) is 0.389. The second kappa shape index (κ2) is 9.17. The van der Waals surface area contributed by atoms with Crippen LogP contribution in [0.25, 0.3) is 11.2 Å². The molecule has 28 heavy (non-hydrogen) atoms. The average Bonchev–Trinajstić information content (AvgIpc) is 2.95. The molecule has 0 atom stereocenters. The van der Waals surface area contributed by atoms with Crippen molar-refractivity contribution in [2.45, 2.75) is 42.9 Å². The monoisotopic (exact) mass is 439 g/mol. The number of aryl methyl sites for hydroxylation is 1. The van der Waals surface area contributed by atoms with Gasteiger partial charge in [0.1, 0.15) is 0 Å². The zero-order valence-electron chi connectivity index (χ0n) is 16.0. The molecule has 2 heterocycles. The van der Waals surface area contributed by atoms with Crippen LogP contribution in [0, 0.1) is 0 Å². The number of nitrogens with one attached hydrogen (secondary N) is 2. The summed E-state index contributed by atoms with van der Waals surface area (Å²) in [5, 5.41) is 8.30. The smallest absolute Gasteiger partial charge is 0.226 e.